The fourth-order valence-electron chi connectivity index (χ4n) is 2.94. The summed E-state index contributed by atoms with van der Waals surface area (Å²) in [7, 11) is 0. The molecule has 2 aromatic carbocycles. The lowest BCUT2D eigenvalue weighted by Crippen LogP contribution is -2.15. The molecule has 1 heterocycles. The molecule has 0 aliphatic carbocycles. The van der Waals surface area contributed by atoms with Crippen LogP contribution in [0.25, 0.3) is 11.4 Å². The minimum atomic E-state index is -0.104. The normalized spacial score (nSPS) is 10.9. The van der Waals surface area contributed by atoms with Crippen molar-refractivity contribution >= 4 is 39.3 Å². The standard InChI is InChI=1S/C20H21BrN4O2S/c1-4-25-19(16-10-14(21)5-6-17(16)26)23-24-20(25)28-11-18(27)22-15-8-12(2)7-13(3)9-15/h5-10,26H,4,11H2,1-3H3,(H,22,27). The highest BCUT2D eigenvalue weighted by atomic mass is 79.9. The summed E-state index contributed by atoms with van der Waals surface area (Å²) in [6.45, 7) is 6.59. The highest BCUT2D eigenvalue weighted by Crippen LogP contribution is 2.32. The van der Waals surface area contributed by atoms with E-state index in [1.165, 1.54) is 11.8 Å². The first-order valence-corrected chi connectivity index (χ1v) is 10.6. The van der Waals surface area contributed by atoms with Gasteiger partial charge in [0.25, 0.3) is 0 Å². The Morgan fingerprint density at radius 1 is 1.18 bits per heavy atom. The number of amides is 1. The molecule has 0 atom stereocenters. The van der Waals surface area contributed by atoms with Gasteiger partial charge in [0, 0.05) is 16.7 Å². The van der Waals surface area contributed by atoms with Crippen molar-refractivity contribution in [3.05, 3.63) is 52.0 Å². The topological polar surface area (TPSA) is 80.0 Å². The van der Waals surface area contributed by atoms with Crippen LogP contribution in [-0.4, -0.2) is 31.5 Å². The molecule has 146 valence electrons. The predicted octanol–water partition coefficient (Wildman–Crippen LogP) is 4.78. The summed E-state index contributed by atoms with van der Waals surface area (Å²) in [4.78, 5) is 12.3. The minimum Gasteiger partial charge on any atom is -0.507 e. The number of phenols is 1. The van der Waals surface area contributed by atoms with E-state index in [1.54, 1.807) is 18.2 Å². The number of aryl methyl sites for hydroxylation is 2. The molecule has 28 heavy (non-hydrogen) atoms. The maximum atomic E-state index is 12.3. The van der Waals surface area contributed by atoms with Crippen molar-refractivity contribution in [3.8, 4) is 17.1 Å². The van der Waals surface area contributed by atoms with E-state index in [0.717, 1.165) is 21.3 Å². The van der Waals surface area contributed by atoms with Crippen LogP contribution in [-0.2, 0) is 11.3 Å². The zero-order valence-corrected chi connectivity index (χ0v) is 18.3. The molecule has 8 heteroatoms. The van der Waals surface area contributed by atoms with Crippen molar-refractivity contribution in [2.75, 3.05) is 11.1 Å². The number of aromatic nitrogens is 3. The monoisotopic (exact) mass is 460 g/mol. The highest BCUT2D eigenvalue weighted by Gasteiger charge is 2.17. The first-order valence-electron chi connectivity index (χ1n) is 8.80. The number of benzene rings is 2. The van der Waals surface area contributed by atoms with Crippen molar-refractivity contribution in [1.29, 1.82) is 0 Å². The van der Waals surface area contributed by atoms with Gasteiger partial charge in [-0.1, -0.05) is 33.8 Å². The van der Waals surface area contributed by atoms with Gasteiger partial charge in [0.15, 0.2) is 11.0 Å². The van der Waals surface area contributed by atoms with Crippen LogP contribution >= 0.6 is 27.7 Å². The van der Waals surface area contributed by atoms with Gasteiger partial charge in [0.2, 0.25) is 5.91 Å². The quantitative estimate of drug-likeness (QED) is 0.517. The maximum Gasteiger partial charge on any atom is 0.234 e. The molecular weight excluding hydrogens is 440 g/mol. The number of rotatable bonds is 6. The summed E-state index contributed by atoms with van der Waals surface area (Å²) >= 11 is 4.73. The third-order valence-corrected chi connectivity index (χ3v) is 5.53. The summed E-state index contributed by atoms with van der Waals surface area (Å²) in [5, 5.41) is 22.2. The lowest BCUT2D eigenvalue weighted by atomic mass is 10.1. The number of halogens is 1. The van der Waals surface area contributed by atoms with Gasteiger partial charge in [0.05, 0.1) is 11.3 Å². The van der Waals surface area contributed by atoms with Crippen LogP contribution < -0.4 is 5.32 Å². The van der Waals surface area contributed by atoms with E-state index in [1.807, 2.05) is 37.5 Å². The fraction of sp³-hybridized carbons (Fsp3) is 0.250. The van der Waals surface area contributed by atoms with Crippen LogP contribution in [0, 0.1) is 13.8 Å². The molecule has 1 aromatic heterocycles. The van der Waals surface area contributed by atoms with E-state index >= 15 is 0 Å². The number of thioether (sulfide) groups is 1. The number of phenolic OH excluding ortho intramolecular Hbond substituents is 1. The Balaban J connectivity index is 1.73. The van der Waals surface area contributed by atoms with Crippen LogP contribution in [0.3, 0.4) is 0 Å². The molecule has 0 saturated heterocycles. The van der Waals surface area contributed by atoms with Crippen LogP contribution in [0.1, 0.15) is 18.1 Å². The summed E-state index contributed by atoms with van der Waals surface area (Å²) in [6.07, 6.45) is 0. The van der Waals surface area contributed by atoms with Gasteiger partial charge < -0.3 is 15.0 Å². The number of carbonyl (C=O) groups is 1. The van der Waals surface area contributed by atoms with E-state index in [9.17, 15) is 9.90 Å². The number of nitrogens with zero attached hydrogens (tertiary/aromatic N) is 3. The summed E-state index contributed by atoms with van der Waals surface area (Å²) in [5.41, 5.74) is 3.59. The second kappa shape index (κ2) is 8.79. The summed E-state index contributed by atoms with van der Waals surface area (Å²) in [5.74, 6) is 0.815. The molecule has 0 bridgehead atoms. The van der Waals surface area contributed by atoms with Crippen molar-refractivity contribution in [2.45, 2.75) is 32.5 Å². The zero-order chi connectivity index (χ0) is 20.3. The second-order valence-corrected chi connectivity index (χ2v) is 8.28. The smallest absolute Gasteiger partial charge is 0.234 e. The van der Waals surface area contributed by atoms with Crippen molar-refractivity contribution in [2.24, 2.45) is 0 Å². The Morgan fingerprint density at radius 3 is 2.57 bits per heavy atom. The van der Waals surface area contributed by atoms with Crippen LogP contribution in [0.4, 0.5) is 5.69 Å². The summed E-state index contributed by atoms with van der Waals surface area (Å²) in [6, 6.07) is 11.1. The minimum absolute atomic E-state index is 0.104. The molecule has 0 aliphatic rings. The Hall–Kier alpha value is -2.32. The van der Waals surface area contributed by atoms with E-state index in [4.69, 9.17) is 0 Å². The van der Waals surface area contributed by atoms with Gasteiger partial charge in [-0.25, -0.2) is 0 Å². The number of anilines is 1. The molecular formula is C20H21BrN4O2S. The van der Waals surface area contributed by atoms with Crippen LogP contribution in [0.15, 0.2) is 46.0 Å². The first kappa shape index (κ1) is 20.4. The lowest BCUT2D eigenvalue weighted by molar-refractivity contribution is -0.113. The molecule has 0 radical (unpaired) electrons. The number of carbonyl (C=O) groups excluding carboxylic acids is 1. The van der Waals surface area contributed by atoms with Crippen LogP contribution in [0.5, 0.6) is 5.75 Å². The van der Waals surface area contributed by atoms with Crippen molar-refractivity contribution in [1.82, 2.24) is 14.8 Å². The van der Waals surface area contributed by atoms with E-state index < -0.39 is 0 Å². The van der Waals surface area contributed by atoms with Crippen molar-refractivity contribution < 1.29 is 9.90 Å². The largest absolute Gasteiger partial charge is 0.507 e. The number of hydrogen-bond acceptors (Lipinski definition) is 5. The molecule has 0 spiro atoms. The molecule has 1 amide bonds. The maximum absolute atomic E-state index is 12.3. The van der Waals surface area contributed by atoms with Gasteiger partial charge in [-0.05, 0) is 62.2 Å². The molecule has 6 nitrogen and oxygen atoms in total. The van der Waals surface area contributed by atoms with Crippen LogP contribution in [0.2, 0.25) is 0 Å². The van der Waals surface area contributed by atoms with E-state index in [-0.39, 0.29) is 17.4 Å². The van der Waals surface area contributed by atoms with Gasteiger partial charge in [-0.15, -0.1) is 10.2 Å². The second-order valence-electron chi connectivity index (χ2n) is 6.43. The zero-order valence-electron chi connectivity index (χ0n) is 15.9. The predicted molar refractivity (Wildman–Crippen MR) is 116 cm³/mol. The number of aromatic hydroxyl groups is 1. The molecule has 3 aromatic rings. The fourth-order valence-corrected chi connectivity index (χ4v) is 4.10. The van der Waals surface area contributed by atoms with Gasteiger partial charge >= 0.3 is 0 Å². The Bertz CT molecular complexity index is 999. The van der Waals surface area contributed by atoms with E-state index in [0.29, 0.717) is 23.1 Å². The average molecular weight is 461 g/mol. The number of hydrogen-bond donors (Lipinski definition) is 2. The Labute approximate surface area is 176 Å². The number of nitrogens with one attached hydrogen (secondary N) is 1. The molecule has 2 N–H and O–H groups in total. The lowest BCUT2D eigenvalue weighted by Gasteiger charge is -2.10. The molecule has 0 saturated carbocycles. The highest BCUT2D eigenvalue weighted by molar-refractivity contribution is 9.10. The first-order chi connectivity index (χ1) is 13.4. The molecule has 0 fully saturated rings. The van der Waals surface area contributed by atoms with Gasteiger partial charge in [-0.2, -0.15) is 0 Å². The molecule has 0 aliphatic heterocycles. The molecule has 3 rings (SSSR count). The average Bonchev–Trinajstić information content (AvgIpc) is 3.03. The molecule has 0 unspecified atom stereocenters. The van der Waals surface area contributed by atoms with Gasteiger partial charge in [0.1, 0.15) is 5.75 Å². The third kappa shape index (κ3) is 4.74. The Morgan fingerprint density at radius 2 is 1.89 bits per heavy atom. The van der Waals surface area contributed by atoms with Gasteiger partial charge in [-0.3, -0.25) is 4.79 Å². The van der Waals surface area contributed by atoms with E-state index in [2.05, 4.69) is 37.5 Å². The Kier molecular flexibility index (Phi) is 6.41. The third-order valence-electron chi connectivity index (χ3n) is 4.07. The van der Waals surface area contributed by atoms with Crippen molar-refractivity contribution in [3.63, 3.8) is 0 Å². The summed E-state index contributed by atoms with van der Waals surface area (Å²) < 4.78 is 2.73. The SMILES string of the molecule is CCn1c(SCC(=O)Nc2cc(C)cc(C)c2)nnc1-c1cc(Br)ccc1O.